The van der Waals surface area contributed by atoms with E-state index in [0.717, 1.165) is 48.9 Å². The molecule has 0 bridgehead atoms. The van der Waals surface area contributed by atoms with Gasteiger partial charge in [0.05, 0.1) is 26.8 Å². The Morgan fingerprint density at radius 3 is 2.55 bits per heavy atom. The molecule has 166 valence electrons. The highest BCUT2D eigenvalue weighted by atomic mass is 16.5. The average molecular weight is 423 g/mol. The summed E-state index contributed by atoms with van der Waals surface area (Å²) in [5, 5.41) is 0. The van der Waals surface area contributed by atoms with Crippen LogP contribution in [0.15, 0.2) is 48.5 Å². The van der Waals surface area contributed by atoms with E-state index in [0.29, 0.717) is 6.54 Å². The molecule has 2 atom stereocenters. The van der Waals surface area contributed by atoms with Crippen LogP contribution < -0.4 is 9.47 Å². The molecule has 1 heterocycles. The van der Waals surface area contributed by atoms with Gasteiger partial charge in [0.2, 0.25) is 5.91 Å². The second kappa shape index (κ2) is 9.73. The summed E-state index contributed by atoms with van der Waals surface area (Å²) >= 11 is 0. The average Bonchev–Trinajstić information content (AvgIpc) is 3.49. The molecule has 0 N–H and O–H groups in total. The number of ether oxygens (including phenoxy) is 2. The summed E-state index contributed by atoms with van der Waals surface area (Å²) in [5.74, 6) is 2.55. The number of amides is 1. The van der Waals surface area contributed by atoms with Gasteiger partial charge in [-0.05, 0) is 62.3 Å². The van der Waals surface area contributed by atoms with Gasteiger partial charge in [0.1, 0.15) is 11.5 Å². The summed E-state index contributed by atoms with van der Waals surface area (Å²) in [4.78, 5) is 18.0. The highest BCUT2D eigenvalue weighted by Gasteiger charge is 2.35. The van der Waals surface area contributed by atoms with Crippen molar-refractivity contribution in [3.8, 4) is 11.5 Å². The van der Waals surface area contributed by atoms with Gasteiger partial charge in [0, 0.05) is 24.7 Å². The summed E-state index contributed by atoms with van der Waals surface area (Å²) in [6.07, 6.45) is 4.51. The first-order valence-electron chi connectivity index (χ1n) is 11.4. The summed E-state index contributed by atoms with van der Waals surface area (Å²) < 4.78 is 11.1. The van der Waals surface area contributed by atoms with Crippen LogP contribution in [0.1, 0.15) is 55.8 Å². The zero-order valence-electron chi connectivity index (χ0n) is 18.9. The molecule has 1 aliphatic heterocycles. The third-order valence-corrected chi connectivity index (χ3v) is 6.73. The minimum atomic E-state index is 0.0346. The van der Waals surface area contributed by atoms with Gasteiger partial charge in [0.25, 0.3) is 0 Å². The van der Waals surface area contributed by atoms with Crippen molar-refractivity contribution >= 4 is 5.91 Å². The van der Waals surface area contributed by atoms with E-state index in [1.54, 1.807) is 14.2 Å². The van der Waals surface area contributed by atoms with Crippen molar-refractivity contribution in [3.05, 3.63) is 59.7 Å². The maximum atomic E-state index is 13.5. The van der Waals surface area contributed by atoms with Crippen molar-refractivity contribution in [1.82, 2.24) is 9.80 Å². The lowest BCUT2D eigenvalue weighted by Crippen LogP contribution is -2.42. The van der Waals surface area contributed by atoms with Gasteiger partial charge in [0.15, 0.2) is 0 Å². The van der Waals surface area contributed by atoms with E-state index in [1.165, 1.54) is 18.4 Å². The zero-order valence-corrected chi connectivity index (χ0v) is 18.9. The molecule has 0 spiro atoms. The number of benzene rings is 2. The first-order chi connectivity index (χ1) is 15.1. The van der Waals surface area contributed by atoms with Crippen molar-refractivity contribution in [3.63, 3.8) is 0 Å². The Kier molecular flexibility index (Phi) is 6.81. The van der Waals surface area contributed by atoms with Crippen LogP contribution in [-0.4, -0.2) is 49.6 Å². The Bertz CT molecular complexity index is 881. The molecule has 31 heavy (non-hydrogen) atoms. The summed E-state index contributed by atoms with van der Waals surface area (Å²) in [7, 11) is 3.36. The van der Waals surface area contributed by atoms with E-state index in [2.05, 4.69) is 41.0 Å². The van der Waals surface area contributed by atoms with Gasteiger partial charge in [-0.15, -0.1) is 0 Å². The van der Waals surface area contributed by atoms with Crippen molar-refractivity contribution in [2.75, 3.05) is 33.9 Å². The topological polar surface area (TPSA) is 42.0 Å². The van der Waals surface area contributed by atoms with Crippen LogP contribution in [0.5, 0.6) is 11.5 Å². The van der Waals surface area contributed by atoms with Crippen LogP contribution in [0, 0.1) is 5.92 Å². The molecule has 0 radical (unpaired) electrons. The molecule has 1 saturated heterocycles. The number of nitrogens with zero attached hydrogens (tertiary/aromatic N) is 2. The van der Waals surface area contributed by atoms with E-state index in [4.69, 9.17) is 9.47 Å². The Balaban J connectivity index is 1.53. The van der Waals surface area contributed by atoms with Crippen molar-refractivity contribution in [2.24, 2.45) is 5.92 Å². The van der Waals surface area contributed by atoms with Gasteiger partial charge in [-0.2, -0.15) is 0 Å². The second-order valence-corrected chi connectivity index (χ2v) is 8.81. The molecule has 2 fully saturated rings. The lowest BCUT2D eigenvalue weighted by molar-refractivity contribution is -0.134. The monoisotopic (exact) mass is 422 g/mol. The van der Waals surface area contributed by atoms with Crippen molar-refractivity contribution < 1.29 is 14.3 Å². The number of methoxy groups -OCH3 is 2. The predicted molar refractivity (Wildman–Crippen MR) is 122 cm³/mol. The molecular weight excluding hydrogens is 388 g/mol. The highest BCUT2D eigenvalue weighted by Crippen LogP contribution is 2.39. The summed E-state index contributed by atoms with van der Waals surface area (Å²) in [6.45, 7) is 4.45. The Labute approximate surface area is 185 Å². The number of rotatable bonds is 9. The Morgan fingerprint density at radius 1 is 1.10 bits per heavy atom. The number of carbonyl (C=O) groups excluding carboxylic acids is 1. The first kappa shape index (κ1) is 21.7. The van der Waals surface area contributed by atoms with Crippen LogP contribution in [0.4, 0.5) is 0 Å². The summed E-state index contributed by atoms with van der Waals surface area (Å²) in [5.41, 5.74) is 2.31. The minimum Gasteiger partial charge on any atom is -0.497 e. The molecule has 2 aromatic rings. The largest absolute Gasteiger partial charge is 0.497 e. The molecule has 5 heteroatoms. The Morgan fingerprint density at radius 2 is 1.87 bits per heavy atom. The number of carbonyl (C=O) groups is 1. The molecule has 4 rings (SSSR count). The molecule has 2 aromatic carbocycles. The molecule has 1 amide bonds. The smallest absolute Gasteiger partial charge is 0.237 e. The van der Waals surface area contributed by atoms with Gasteiger partial charge >= 0.3 is 0 Å². The van der Waals surface area contributed by atoms with E-state index in [9.17, 15) is 4.79 Å². The predicted octanol–water partition coefficient (Wildman–Crippen LogP) is 4.84. The molecule has 0 aromatic heterocycles. The fraction of sp³-hybridized carbons (Fsp3) is 0.500. The number of hydrogen-bond donors (Lipinski definition) is 0. The van der Waals surface area contributed by atoms with Crippen molar-refractivity contribution in [1.29, 1.82) is 0 Å². The van der Waals surface area contributed by atoms with Crippen LogP contribution in [0.3, 0.4) is 0 Å². The van der Waals surface area contributed by atoms with E-state index >= 15 is 0 Å². The Hall–Kier alpha value is -2.53. The molecule has 1 aliphatic carbocycles. The van der Waals surface area contributed by atoms with Gasteiger partial charge in [-0.1, -0.05) is 30.3 Å². The van der Waals surface area contributed by atoms with Gasteiger partial charge in [-0.25, -0.2) is 0 Å². The first-order valence-corrected chi connectivity index (χ1v) is 11.4. The van der Waals surface area contributed by atoms with Crippen LogP contribution in [-0.2, 0) is 4.79 Å². The standard InChI is InChI=1S/C26H34N2O3/c1-19(21-8-5-4-6-9-21)27(17-20-11-12-20)18-26(29)28-15-7-10-24(28)23-16-22(30-2)13-14-25(23)31-3/h4-6,8-9,13-14,16,19-20,24H,7,10-12,15,17-18H2,1-3H3. The normalized spacial score (nSPS) is 19.5. The zero-order chi connectivity index (χ0) is 21.8. The number of likely N-dealkylation sites (tertiary alicyclic amines) is 1. The van der Waals surface area contributed by atoms with Crippen LogP contribution in [0.2, 0.25) is 0 Å². The third kappa shape index (κ3) is 5.04. The maximum Gasteiger partial charge on any atom is 0.237 e. The lowest BCUT2D eigenvalue weighted by Gasteiger charge is -2.33. The van der Waals surface area contributed by atoms with Gasteiger partial charge < -0.3 is 14.4 Å². The molecule has 5 nitrogen and oxygen atoms in total. The van der Waals surface area contributed by atoms with Crippen LogP contribution in [0.25, 0.3) is 0 Å². The maximum absolute atomic E-state index is 13.5. The quantitative estimate of drug-likeness (QED) is 0.580. The number of hydrogen-bond acceptors (Lipinski definition) is 4. The molecular formula is C26H34N2O3. The van der Waals surface area contributed by atoms with Crippen LogP contribution >= 0.6 is 0 Å². The van der Waals surface area contributed by atoms with Gasteiger partial charge in [-0.3, -0.25) is 9.69 Å². The van der Waals surface area contributed by atoms with E-state index in [-0.39, 0.29) is 18.0 Å². The minimum absolute atomic E-state index is 0.0346. The lowest BCUT2D eigenvalue weighted by atomic mass is 10.0. The molecule has 1 saturated carbocycles. The molecule has 2 unspecified atom stereocenters. The SMILES string of the molecule is COc1ccc(OC)c(C2CCCN2C(=O)CN(CC2CC2)C(C)c2ccccc2)c1. The van der Waals surface area contributed by atoms with E-state index < -0.39 is 0 Å². The second-order valence-electron chi connectivity index (χ2n) is 8.81. The fourth-order valence-electron chi connectivity index (χ4n) is 4.69. The summed E-state index contributed by atoms with van der Waals surface area (Å²) in [6, 6.07) is 16.6. The third-order valence-electron chi connectivity index (χ3n) is 6.73. The van der Waals surface area contributed by atoms with Crippen molar-refractivity contribution in [2.45, 2.75) is 44.7 Å². The molecule has 2 aliphatic rings. The fourth-order valence-corrected chi connectivity index (χ4v) is 4.69. The highest BCUT2D eigenvalue weighted by molar-refractivity contribution is 5.79. The van der Waals surface area contributed by atoms with E-state index in [1.807, 2.05) is 24.3 Å².